The first kappa shape index (κ1) is 16.6. The largest absolute Gasteiger partial charge is 0.444 e. The Morgan fingerprint density at radius 3 is 2.75 bits per heavy atom. The number of amides is 2. The number of rotatable bonds is 2. The summed E-state index contributed by atoms with van der Waals surface area (Å²) >= 11 is 0. The first-order valence-electron chi connectivity index (χ1n) is 8.37. The molecule has 5 heteroatoms. The van der Waals surface area contributed by atoms with Gasteiger partial charge in [0.15, 0.2) is 0 Å². The Morgan fingerprint density at radius 2 is 2.00 bits per heavy atom. The number of carbonyl (C=O) groups excluding carboxylic acids is 2. The highest BCUT2D eigenvalue weighted by Crippen LogP contribution is 2.37. The lowest BCUT2D eigenvalue weighted by atomic mass is 9.99. The first-order chi connectivity index (χ1) is 11.3. The van der Waals surface area contributed by atoms with Crippen molar-refractivity contribution in [2.45, 2.75) is 39.2 Å². The van der Waals surface area contributed by atoms with Gasteiger partial charge in [-0.2, -0.15) is 0 Å². The normalized spacial score (nSPS) is 16.5. The molecule has 1 aromatic carbocycles. The third kappa shape index (κ3) is 3.61. The average Bonchev–Trinajstić information content (AvgIpc) is 2.88. The Labute approximate surface area is 142 Å². The van der Waals surface area contributed by atoms with E-state index < -0.39 is 11.7 Å². The van der Waals surface area contributed by atoms with Crippen LogP contribution in [-0.2, 0) is 16.0 Å². The summed E-state index contributed by atoms with van der Waals surface area (Å²) in [4.78, 5) is 25.8. The lowest BCUT2D eigenvalue weighted by Gasteiger charge is -2.29. The Hall–Kier alpha value is -2.30. The summed E-state index contributed by atoms with van der Waals surface area (Å²) < 4.78 is 5.16. The molecule has 24 heavy (non-hydrogen) atoms. The fourth-order valence-electron chi connectivity index (χ4n) is 3.30. The Morgan fingerprint density at radius 1 is 1.25 bits per heavy atom. The monoisotopic (exact) mass is 328 g/mol. The van der Waals surface area contributed by atoms with Crippen molar-refractivity contribution in [3.63, 3.8) is 0 Å². The molecule has 2 amide bonds. The van der Waals surface area contributed by atoms with Crippen molar-refractivity contribution in [3.05, 3.63) is 41.0 Å². The molecule has 0 radical (unpaired) electrons. The van der Waals surface area contributed by atoms with Crippen molar-refractivity contribution < 1.29 is 14.3 Å². The SMILES string of the molecule is CC(C)(C)OC(=O)NCC(=O)N1CCC2=C(Cc3ccccc32)C1. The van der Waals surface area contributed by atoms with E-state index in [1.165, 1.54) is 22.3 Å². The van der Waals surface area contributed by atoms with Crippen molar-refractivity contribution in [1.82, 2.24) is 10.2 Å². The van der Waals surface area contributed by atoms with Gasteiger partial charge in [0.25, 0.3) is 0 Å². The zero-order chi connectivity index (χ0) is 17.3. The number of nitrogens with one attached hydrogen (secondary N) is 1. The molecule has 0 bridgehead atoms. The minimum absolute atomic E-state index is 0.0233. The molecule has 1 aromatic rings. The van der Waals surface area contributed by atoms with E-state index in [1.807, 2.05) is 4.90 Å². The predicted molar refractivity (Wildman–Crippen MR) is 92.5 cm³/mol. The molecule has 0 fully saturated rings. The van der Waals surface area contributed by atoms with E-state index in [2.05, 4.69) is 29.6 Å². The van der Waals surface area contributed by atoms with Crippen LogP contribution in [0.3, 0.4) is 0 Å². The Kier molecular flexibility index (Phi) is 4.35. The van der Waals surface area contributed by atoms with Crippen molar-refractivity contribution in [1.29, 1.82) is 0 Å². The van der Waals surface area contributed by atoms with E-state index in [1.54, 1.807) is 20.8 Å². The van der Waals surface area contributed by atoms with Crippen molar-refractivity contribution in [3.8, 4) is 0 Å². The second kappa shape index (κ2) is 6.30. The highest BCUT2D eigenvalue weighted by atomic mass is 16.6. The van der Waals surface area contributed by atoms with Gasteiger partial charge in [0.1, 0.15) is 12.1 Å². The minimum Gasteiger partial charge on any atom is -0.444 e. The fraction of sp³-hybridized carbons (Fsp3) is 0.474. The van der Waals surface area contributed by atoms with Crippen molar-refractivity contribution in [2.24, 2.45) is 0 Å². The number of hydrogen-bond acceptors (Lipinski definition) is 3. The van der Waals surface area contributed by atoms with Crippen LogP contribution in [0.2, 0.25) is 0 Å². The van der Waals surface area contributed by atoms with Gasteiger partial charge in [0.05, 0.1) is 0 Å². The van der Waals surface area contributed by atoms with Crippen molar-refractivity contribution >= 4 is 17.6 Å². The molecule has 2 aliphatic rings. The van der Waals surface area contributed by atoms with Crippen LogP contribution in [0, 0.1) is 0 Å². The molecule has 0 atom stereocenters. The smallest absolute Gasteiger partial charge is 0.408 e. The summed E-state index contributed by atoms with van der Waals surface area (Å²) in [5.41, 5.74) is 4.85. The zero-order valence-corrected chi connectivity index (χ0v) is 14.5. The molecular weight excluding hydrogens is 304 g/mol. The summed E-state index contributed by atoms with van der Waals surface area (Å²) in [5, 5.41) is 2.54. The molecular formula is C19H24N2O3. The maximum atomic E-state index is 12.4. The van der Waals surface area contributed by atoms with Gasteiger partial charge in [-0.3, -0.25) is 4.79 Å². The average molecular weight is 328 g/mol. The highest BCUT2D eigenvalue weighted by molar-refractivity contribution is 5.85. The van der Waals surface area contributed by atoms with Crippen LogP contribution in [0.5, 0.6) is 0 Å². The number of carbonyl (C=O) groups is 2. The predicted octanol–water partition coefficient (Wildman–Crippen LogP) is 2.75. The van der Waals surface area contributed by atoms with Gasteiger partial charge in [-0.25, -0.2) is 4.79 Å². The van der Waals surface area contributed by atoms with Gasteiger partial charge in [-0.15, -0.1) is 0 Å². The molecule has 1 heterocycles. The highest BCUT2D eigenvalue weighted by Gasteiger charge is 2.28. The maximum absolute atomic E-state index is 12.4. The van der Waals surface area contributed by atoms with Crippen LogP contribution >= 0.6 is 0 Å². The summed E-state index contributed by atoms with van der Waals surface area (Å²) in [6.45, 7) is 6.71. The first-order valence-corrected chi connectivity index (χ1v) is 8.37. The topological polar surface area (TPSA) is 58.6 Å². The molecule has 0 unspecified atom stereocenters. The number of alkyl carbamates (subject to hydrolysis) is 1. The molecule has 0 aromatic heterocycles. The van der Waals surface area contributed by atoms with Crippen LogP contribution in [-0.4, -0.2) is 42.1 Å². The van der Waals surface area contributed by atoms with Gasteiger partial charge >= 0.3 is 6.09 Å². The van der Waals surface area contributed by atoms with E-state index >= 15 is 0 Å². The third-order valence-electron chi connectivity index (χ3n) is 4.32. The van der Waals surface area contributed by atoms with E-state index in [-0.39, 0.29) is 12.5 Å². The summed E-state index contributed by atoms with van der Waals surface area (Å²) in [6, 6.07) is 8.45. The third-order valence-corrected chi connectivity index (χ3v) is 4.32. The lowest BCUT2D eigenvalue weighted by molar-refractivity contribution is -0.130. The Bertz CT molecular complexity index is 701. The lowest BCUT2D eigenvalue weighted by Crippen LogP contribution is -2.44. The molecule has 0 saturated heterocycles. The zero-order valence-electron chi connectivity index (χ0n) is 14.5. The molecule has 3 rings (SSSR count). The second-order valence-electron chi connectivity index (χ2n) is 7.34. The van der Waals surface area contributed by atoms with E-state index in [4.69, 9.17) is 4.74 Å². The van der Waals surface area contributed by atoms with Crippen LogP contribution in [0.4, 0.5) is 4.79 Å². The fourth-order valence-corrected chi connectivity index (χ4v) is 3.30. The molecule has 0 saturated carbocycles. The molecule has 0 spiro atoms. The number of hydrogen-bond donors (Lipinski definition) is 1. The number of nitrogens with zero attached hydrogens (tertiary/aromatic N) is 1. The van der Waals surface area contributed by atoms with Gasteiger partial charge in [0, 0.05) is 13.1 Å². The van der Waals surface area contributed by atoms with Crippen LogP contribution < -0.4 is 5.32 Å². The Balaban J connectivity index is 1.55. The van der Waals surface area contributed by atoms with Crippen LogP contribution in [0.1, 0.15) is 38.3 Å². The molecule has 1 aliphatic heterocycles. The number of ether oxygens (including phenoxy) is 1. The van der Waals surface area contributed by atoms with Crippen molar-refractivity contribution in [2.75, 3.05) is 19.6 Å². The second-order valence-corrected chi connectivity index (χ2v) is 7.34. The van der Waals surface area contributed by atoms with E-state index in [0.717, 1.165) is 12.8 Å². The maximum Gasteiger partial charge on any atom is 0.408 e. The van der Waals surface area contributed by atoms with Gasteiger partial charge in [0.2, 0.25) is 5.91 Å². The van der Waals surface area contributed by atoms with E-state index in [9.17, 15) is 9.59 Å². The minimum atomic E-state index is -0.562. The van der Waals surface area contributed by atoms with Gasteiger partial charge < -0.3 is 15.0 Å². The summed E-state index contributed by atoms with van der Waals surface area (Å²) in [5.74, 6) is -0.0663. The standard InChI is InChI=1S/C19H24N2O3/c1-19(2,3)24-18(23)20-11-17(22)21-9-8-16-14(12-21)10-13-6-4-5-7-15(13)16/h4-7H,8-12H2,1-3H3,(H,20,23). The van der Waals surface area contributed by atoms with Crippen LogP contribution in [0.25, 0.3) is 5.57 Å². The van der Waals surface area contributed by atoms with Crippen LogP contribution in [0.15, 0.2) is 29.8 Å². The number of fused-ring (bicyclic) bond motifs is 2. The molecule has 1 N–H and O–H groups in total. The number of benzene rings is 1. The van der Waals surface area contributed by atoms with E-state index in [0.29, 0.717) is 13.1 Å². The molecule has 1 aliphatic carbocycles. The summed E-state index contributed by atoms with van der Waals surface area (Å²) in [7, 11) is 0. The quantitative estimate of drug-likeness (QED) is 0.908. The van der Waals surface area contributed by atoms with Gasteiger partial charge in [-0.1, -0.05) is 24.3 Å². The summed E-state index contributed by atoms with van der Waals surface area (Å²) in [6.07, 6.45) is 1.25. The molecule has 5 nitrogen and oxygen atoms in total. The van der Waals surface area contributed by atoms with Gasteiger partial charge in [-0.05, 0) is 55.9 Å². The molecule has 128 valence electrons.